The largest absolute Gasteiger partial charge is 0.316 e. The molecule has 0 spiro atoms. The van der Waals surface area contributed by atoms with E-state index in [0.717, 1.165) is 25.8 Å². The molecule has 0 bridgehead atoms. The molecule has 108 valence electrons. The fourth-order valence-electron chi connectivity index (χ4n) is 2.58. The van der Waals surface area contributed by atoms with E-state index in [1.807, 2.05) is 6.92 Å². The van der Waals surface area contributed by atoms with Crippen LogP contribution in [0.4, 0.5) is 0 Å². The minimum Gasteiger partial charge on any atom is -0.316 e. The quantitative estimate of drug-likeness (QED) is 0.665. The van der Waals surface area contributed by atoms with E-state index in [2.05, 4.69) is 17.0 Å². The van der Waals surface area contributed by atoms with E-state index >= 15 is 0 Å². The highest BCUT2D eigenvalue weighted by atomic mass is 32.2. The van der Waals surface area contributed by atoms with Crippen molar-refractivity contribution in [1.29, 1.82) is 0 Å². The molecule has 2 N–H and O–H groups in total. The minimum atomic E-state index is -3.12. The van der Waals surface area contributed by atoms with Crippen molar-refractivity contribution in [2.45, 2.75) is 58.4 Å². The van der Waals surface area contributed by atoms with Crippen LogP contribution >= 0.6 is 0 Å². The minimum absolute atomic E-state index is 0.0847. The Labute approximate surface area is 112 Å². The Hall–Kier alpha value is -0.130. The summed E-state index contributed by atoms with van der Waals surface area (Å²) in [6.45, 7) is 5.51. The third-order valence-corrected chi connectivity index (χ3v) is 5.17. The van der Waals surface area contributed by atoms with Gasteiger partial charge in [0, 0.05) is 12.6 Å². The lowest BCUT2D eigenvalue weighted by Crippen LogP contribution is -2.41. The van der Waals surface area contributed by atoms with Gasteiger partial charge in [-0.15, -0.1) is 0 Å². The molecular formula is C13H28N2O2S. The standard InChI is InChI=1S/C13H28N2O2S/c1-3-9-14-10-11-18(16,17)15-12(2)13-7-5-4-6-8-13/h12-15H,3-11H2,1-2H3. The van der Waals surface area contributed by atoms with Gasteiger partial charge in [-0.2, -0.15) is 0 Å². The van der Waals surface area contributed by atoms with Crippen molar-refractivity contribution in [3.63, 3.8) is 0 Å². The Bertz CT molecular complexity index is 311. The Balaban J connectivity index is 2.29. The molecule has 1 rings (SSSR count). The van der Waals surface area contributed by atoms with Gasteiger partial charge in [-0.1, -0.05) is 26.2 Å². The molecule has 4 nitrogen and oxygen atoms in total. The fourth-order valence-corrected chi connectivity index (χ4v) is 3.87. The molecule has 1 fully saturated rings. The van der Waals surface area contributed by atoms with Crippen LogP contribution in [0.25, 0.3) is 0 Å². The van der Waals surface area contributed by atoms with Crippen LogP contribution in [-0.2, 0) is 10.0 Å². The highest BCUT2D eigenvalue weighted by molar-refractivity contribution is 7.89. The van der Waals surface area contributed by atoms with Crippen molar-refractivity contribution in [2.24, 2.45) is 5.92 Å². The van der Waals surface area contributed by atoms with Crippen molar-refractivity contribution < 1.29 is 8.42 Å². The summed E-state index contributed by atoms with van der Waals surface area (Å²) in [5, 5.41) is 3.12. The summed E-state index contributed by atoms with van der Waals surface area (Å²) in [6.07, 6.45) is 7.15. The van der Waals surface area contributed by atoms with Gasteiger partial charge in [0.1, 0.15) is 0 Å². The second kappa shape index (κ2) is 8.12. The fraction of sp³-hybridized carbons (Fsp3) is 1.00. The third-order valence-electron chi connectivity index (χ3n) is 3.70. The highest BCUT2D eigenvalue weighted by Crippen LogP contribution is 2.26. The van der Waals surface area contributed by atoms with Crippen LogP contribution in [0, 0.1) is 5.92 Å². The summed E-state index contributed by atoms with van der Waals surface area (Å²) >= 11 is 0. The Kier molecular flexibility index (Phi) is 7.19. The first kappa shape index (κ1) is 15.9. The van der Waals surface area contributed by atoms with Crippen molar-refractivity contribution >= 4 is 10.0 Å². The second-order valence-electron chi connectivity index (χ2n) is 5.37. The van der Waals surface area contributed by atoms with Gasteiger partial charge in [0.15, 0.2) is 0 Å². The van der Waals surface area contributed by atoms with E-state index in [-0.39, 0.29) is 11.8 Å². The van der Waals surface area contributed by atoms with E-state index in [9.17, 15) is 8.42 Å². The molecule has 0 aromatic carbocycles. The second-order valence-corrected chi connectivity index (χ2v) is 7.25. The van der Waals surface area contributed by atoms with Gasteiger partial charge in [0.25, 0.3) is 0 Å². The van der Waals surface area contributed by atoms with E-state index in [4.69, 9.17) is 0 Å². The average molecular weight is 276 g/mol. The van der Waals surface area contributed by atoms with Crippen molar-refractivity contribution in [2.75, 3.05) is 18.8 Å². The molecule has 1 atom stereocenters. The van der Waals surface area contributed by atoms with E-state index in [1.54, 1.807) is 0 Å². The summed E-state index contributed by atoms with van der Waals surface area (Å²) in [4.78, 5) is 0. The Morgan fingerprint density at radius 2 is 1.83 bits per heavy atom. The van der Waals surface area contributed by atoms with Gasteiger partial charge >= 0.3 is 0 Å². The predicted octanol–water partition coefficient (Wildman–Crippen LogP) is 1.87. The number of rotatable bonds is 8. The molecule has 18 heavy (non-hydrogen) atoms. The SMILES string of the molecule is CCCNCCS(=O)(=O)NC(C)C1CCCCC1. The number of hydrogen-bond acceptors (Lipinski definition) is 3. The maximum atomic E-state index is 11.9. The smallest absolute Gasteiger partial charge is 0.213 e. The van der Waals surface area contributed by atoms with Crippen LogP contribution in [0.3, 0.4) is 0 Å². The molecule has 0 heterocycles. The lowest BCUT2D eigenvalue weighted by molar-refractivity contribution is 0.303. The zero-order valence-corrected chi connectivity index (χ0v) is 12.6. The number of nitrogens with one attached hydrogen (secondary N) is 2. The molecule has 0 aromatic heterocycles. The van der Waals surface area contributed by atoms with Gasteiger partial charge in [0.05, 0.1) is 5.75 Å². The summed E-state index contributed by atoms with van der Waals surface area (Å²) < 4.78 is 26.6. The zero-order valence-electron chi connectivity index (χ0n) is 11.7. The lowest BCUT2D eigenvalue weighted by atomic mass is 9.85. The first-order chi connectivity index (χ1) is 8.55. The van der Waals surface area contributed by atoms with Gasteiger partial charge in [-0.25, -0.2) is 13.1 Å². The van der Waals surface area contributed by atoms with Crippen LogP contribution in [-0.4, -0.2) is 33.3 Å². The molecule has 0 amide bonds. The van der Waals surface area contributed by atoms with Gasteiger partial charge in [-0.3, -0.25) is 0 Å². The predicted molar refractivity (Wildman–Crippen MR) is 76.1 cm³/mol. The van der Waals surface area contributed by atoms with Crippen molar-refractivity contribution in [1.82, 2.24) is 10.0 Å². The van der Waals surface area contributed by atoms with Gasteiger partial charge in [-0.05, 0) is 38.6 Å². The number of sulfonamides is 1. The third kappa shape index (κ3) is 6.16. The van der Waals surface area contributed by atoms with Crippen LogP contribution in [0.2, 0.25) is 0 Å². The highest BCUT2D eigenvalue weighted by Gasteiger charge is 2.23. The summed E-state index contributed by atoms with van der Waals surface area (Å²) in [5.41, 5.74) is 0. The van der Waals surface area contributed by atoms with E-state index in [0.29, 0.717) is 12.5 Å². The van der Waals surface area contributed by atoms with Crippen LogP contribution in [0.1, 0.15) is 52.4 Å². The molecule has 0 aromatic rings. The molecule has 0 radical (unpaired) electrons. The van der Waals surface area contributed by atoms with Crippen molar-refractivity contribution in [3.05, 3.63) is 0 Å². The van der Waals surface area contributed by atoms with Crippen LogP contribution < -0.4 is 10.0 Å². The molecular weight excluding hydrogens is 248 g/mol. The van der Waals surface area contributed by atoms with Crippen LogP contribution in [0.5, 0.6) is 0 Å². The Morgan fingerprint density at radius 1 is 1.17 bits per heavy atom. The number of hydrogen-bond donors (Lipinski definition) is 2. The molecule has 1 unspecified atom stereocenters. The van der Waals surface area contributed by atoms with Gasteiger partial charge < -0.3 is 5.32 Å². The first-order valence-corrected chi connectivity index (χ1v) is 8.91. The van der Waals surface area contributed by atoms with E-state index < -0.39 is 10.0 Å². The van der Waals surface area contributed by atoms with Crippen molar-refractivity contribution in [3.8, 4) is 0 Å². The molecule has 0 aliphatic heterocycles. The summed E-state index contributed by atoms with van der Waals surface area (Å²) in [5.74, 6) is 0.710. The maximum Gasteiger partial charge on any atom is 0.213 e. The molecule has 5 heteroatoms. The summed E-state index contributed by atoms with van der Waals surface area (Å²) in [7, 11) is -3.12. The lowest BCUT2D eigenvalue weighted by Gasteiger charge is -2.28. The Morgan fingerprint density at radius 3 is 2.44 bits per heavy atom. The normalized spacial score (nSPS) is 19.9. The van der Waals surface area contributed by atoms with Gasteiger partial charge in [0.2, 0.25) is 10.0 Å². The van der Waals surface area contributed by atoms with E-state index in [1.165, 1.54) is 19.3 Å². The maximum absolute atomic E-state index is 11.9. The topological polar surface area (TPSA) is 58.2 Å². The average Bonchev–Trinajstić information content (AvgIpc) is 2.35. The first-order valence-electron chi connectivity index (χ1n) is 7.26. The molecule has 1 aliphatic carbocycles. The zero-order chi connectivity index (χ0) is 13.4. The van der Waals surface area contributed by atoms with Crippen LogP contribution in [0.15, 0.2) is 0 Å². The molecule has 1 saturated carbocycles. The monoisotopic (exact) mass is 276 g/mol. The molecule has 0 saturated heterocycles. The summed E-state index contributed by atoms with van der Waals surface area (Å²) in [6, 6.07) is 0.0847. The molecule has 1 aliphatic rings.